The summed E-state index contributed by atoms with van der Waals surface area (Å²) in [5.74, 6) is -0.681. The average molecular weight is 511 g/mol. The van der Waals surface area contributed by atoms with Gasteiger partial charge in [-0.15, -0.1) is 0 Å². The van der Waals surface area contributed by atoms with Gasteiger partial charge < -0.3 is 10.3 Å². The third kappa shape index (κ3) is 4.60. The van der Waals surface area contributed by atoms with Crippen LogP contribution in [0.1, 0.15) is 21.6 Å². The summed E-state index contributed by atoms with van der Waals surface area (Å²) < 4.78 is 0. The van der Waals surface area contributed by atoms with E-state index >= 15 is 0 Å². The molecule has 0 bridgehead atoms. The van der Waals surface area contributed by atoms with E-state index in [1.165, 1.54) is 0 Å². The average Bonchev–Trinajstić information content (AvgIpc) is 3.30. The number of benzene rings is 3. The zero-order valence-corrected chi connectivity index (χ0v) is 20.4. The molecule has 0 aliphatic carbocycles. The molecule has 6 rings (SSSR count). The SMILES string of the molecule is O=C(NNC(=O)C1Cc2c([nH]c3ccccc23)CN1)c1ccc(Nc2ccnc3cc(Cl)ccc23)cc1. The fourth-order valence-electron chi connectivity index (χ4n) is 4.70. The number of nitrogens with zero attached hydrogens (tertiary/aromatic N) is 1. The molecule has 1 unspecified atom stereocenters. The van der Waals surface area contributed by atoms with Gasteiger partial charge in [0.1, 0.15) is 0 Å². The maximum absolute atomic E-state index is 12.8. The number of rotatable bonds is 4. The number of anilines is 2. The van der Waals surface area contributed by atoms with E-state index in [9.17, 15) is 9.59 Å². The first kappa shape index (κ1) is 23.0. The van der Waals surface area contributed by atoms with Crippen molar-refractivity contribution < 1.29 is 9.59 Å². The molecule has 2 amide bonds. The molecule has 3 aromatic carbocycles. The van der Waals surface area contributed by atoms with Crippen LogP contribution in [-0.2, 0) is 17.8 Å². The topological polar surface area (TPSA) is 111 Å². The number of H-pyrrole nitrogens is 1. The van der Waals surface area contributed by atoms with Gasteiger partial charge in [-0.3, -0.25) is 30.7 Å². The Morgan fingerprint density at radius 3 is 2.65 bits per heavy atom. The Bertz CT molecular complexity index is 1650. The highest BCUT2D eigenvalue weighted by atomic mass is 35.5. The second kappa shape index (κ2) is 9.57. The smallest absolute Gasteiger partial charge is 0.269 e. The summed E-state index contributed by atoms with van der Waals surface area (Å²) in [5, 5.41) is 9.27. The van der Waals surface area contributed by atoms with Gasteiger partial charge in [-0.05, 0) is 66.6 Å². The second-order valence-electron chi connectivity index (χ2n) is 8.93. The molecule has 1 aliphatic rings. The Morgan fingerprint density at radius 1 is 0.946 bits per heavy atom. The molecule has 0 saturated heterocycles. The fraction of sp³-hybridized carbons (Fsp3) is 0.107. The summed E-state index contributed by atoms with van der Waals surface area (Å²) >= 11 is 6.07. The number of fused-ring (bicyclic) bond motifs is 4. The molecule has 1 aliphatic heterocycles. The molecule has 0 fully saturated rings. The maximum Gasteiger partial charge on any atom is 0.269 e. The van der Waals surface area contributed by atoms with E-state index in [1.807, 2.05) is 42.5 Å². The molecule has 3 heterocycles. The first-order valence-corrected chi connectivity index (χ1v) is 12.3. The number of hydrazine groups is 1. The minimum atomic E-state index is -0.441. The fourth-order valence-corrected chi connectivity index (χ4v) is 4.86. The Hall–Kier alpha value is -4.40. The number of amides is 2. The highest BCUT2D eigenvalue weighted by Gasteiger charge is 2.27. The molecule has 5 N–H and O–H groups in total. The van der Waals surface area contributed by atoms with Crippen molar-refractivity contribution in [2.24, 2.45) is 0 Å². The highest BCUT2D eigenvalue weighted by Crippen LogP contribution is 2.28. The third-order valence-electron chi connectivity index (χ3n) is 6.58. The Morgan fingerprint density at radius 2 is 1.78 bits per heavy atom. The van der Waals surface area contributed by atoms with E-state index in [0.29, 0.717) is 23.6 Å². The van der Waals surface area contributed by atoms with Crippen molar-refractivity contribution in [1.82, 2.24) is 26.1 Å². The first-order valence-electron chi connectivity index (χ1n) is 11.9. The van der Waals surface area contributed by atoms with Crippen molar-refractivity contribution in [2.45, 2.75) is 19.0 Å². The van der Waals surface area contributed by atoms with Gasteiger partial charge in [0.15, 0.2) is 0 Å². The van der Waals surface area contributed by atoms with Gasteiger partial charge in [-0.1, -0.05) is 29.8 Å². The molecule has 2 aromatic heterocycles. The van der Waals surface area contributed by atoms with Crippen LogP contribution in [0.5, 0.6) is 0 Å². The number of hydrogen-bond donors (Lipinski definition) is 5. The summed E-state index contributed by atoms with van der Waals surface area (Å²) in [6, 6.07) is 22.0. The summed E-state index contributed by atoms with van der Waals surface area (Å²) in [5.41, 5.74) is 11.3. The molecule has 1 atom stereocenters. The van der Waals surface area contributed by atoms with E-state index in [-0.39, 0.29) is 5.91 Å². The molecule has 5 aromatic rings. The summed E-state index contributed by atoms with van der Waals surface area (Å²) in [6.45, 7) is 0.560. The molecule has 0 spiro atoms. The zero-order valence-electron chi connectivity index (χ0n) is 19.6. The molecular formula is C28H23ClN6O2. The first-order chi connectivity index (χ1) is 18.0. The number of halogens is 1. The van der Waals surface area contributed by atoms with Crippen molar-refractivity contribution >= 4 is 56.6 Å². The lowest BCUT2D eigenvalue weighted by Gasteiger charge is -2.23. The minimum absolute atomic E-state index is 0.285. The van der Waals surface area contributed by atoms with Crippen LogP contribution in [0.2, 0.25) is 5.02 Å². The molecule has 8 nitrogen and oxygen atoms in total. The lowest BCUT2D eigenvalue weighted by atomic mass is 9.98. The van der Waals surface area contributed by atoms with E-state index in [1.54, 1.807) is 30.5 Å². The van der Waals surface area contributed by atoms with Crippen molar-refractivity contribution in [1.29, 1.82) is 0 Å². The van der Waals surface area contributed by atoms with Crippen LogP contribution in [0.3, 0.4) is 0 Å². The van der Waals surface area contributed by atoms with Crippen LogP contribution in [0, 0.1) is 0 Å². The zero-order chi connectivity index (χ0) is 25.4. The number of nitrogens with one attached hydrogen (secondary N) is 5. The monoisotopic (exact) mass is 510 g/mol. The van der Waals surface area contributed by atoms with E-state index in [0.717, 1.165) is 44.4 Å². The summed E-state index contributed by atoms with van der Waals surface area (Å²) in [7, 11) is 0. The van der Waals surface area contributed by atoms with E-state index in [2.05, 4.69) is 37.5 Å². The molecule has 37 heavy (non-hydrogen) atoms. The van der Waals surface area contributed by atoms with E-state index in [4.69, 9.17) is 11.6 Å². The number of hydrogen-bond acceptors (Lipinski definition) is 5. The molecule has 184 valence electrons. The number of carbonyl (C=O) groups excluding carboxylic acids is 2. The van der Waals surface area contributed by atoms with Gasteiger partial charge >= 0.3 is 0 Å². The van der Waals surface area contributed by atoms with Crippen molar-refractivity contribution in [3.8, 4) is 0 Å². The van der Waals surface area contributed by atoms with Crippen LogP contribution in [0.4, 0.5) is 11.4 Å². The predicted molar refractivity (Wildman–Crippen MR) is 145 cm³/mol. The quantitative estimate of drug-likeness (QED) is 0.227. The van der Waals surface area contributed by atoms with Crippen LogP contribution < -0.4 is 21.5 Å². The van der Waals surface area contributed by atoms with Gasteiger partial charge in [0.25, 0.3) is 11.8 Å². The number of aromatic amines is 1. The van der Waals surface area contributed by atoms with Crippen LogP contribution in [-0.4, -0.2) is 27.8 Å². The van der Waals surface area contributed by atoms with Gasteiger partial charge in [0.05, 0.1) is 11.6 Å². The van der Waals surface area contributed by atoms with E-state index < -0.39 is 11.9 Å². The number of para-hydroxylation sites is 1. The Labute approximate surface area is 217 Å². The largest absolute Gasteiger partial charge is 0.357 e. The number of aromatic nitrogens is 2. The molecule has 0 saturated carbocycles. The predicted octanol–water partition coefficient (Wildman–Crippen LogP) is 4.59. The van der Waals surface area contributed by atoms with Gasteiger partial charge in [-0.2, -0.15) is 0 Å². The van der Waals surface area contributed by atoms with Crippen molar-refractivity contribution in [2.75, 3.05) is 5.32 Å². The third-order valence-corrected chi connectivity index (χ3v) is 6.82. The summed E-state index contributed by atoms with van der Waals surface area (Å²) in [4.78, 5) is 33.2. The number of pyridine rings is 1. The van der Waals surface area contributed by atoms with Crippen molar-refractivity contribution in [3.63, 3.8) is 0 Å². The van der Waals surface area contributed by atoms with Gasteiger partial charge in [0, 0.05) is 56.7 Å². The van der Waals surface area contributed by atoms with Crippen LogP contribution >= 0.6 is 11.6 Å². The highest BCUT2D eigenvalue weighted by molar-refractivity contribution is 6.31. The van der Waals surface area contributed by atoms with Gasteiger partial charge in [0.2, 0.25) is 0 Å². The van der Waals surface area contributed by atoms with Gasteiger partial charge in [-0.25, -0.2) is 0 Å². The minimum Gasteiger partial charge on any atom is -0.357 e. The van der Waals surface area contributed by atoms with Crippen molar-refractivity contribution in [3.05, 3.63) is 101 Å². The number of carbonyl (C=O) groups is 2. The second-order valence-corrected chi connectivity index (χ2v) is 9.37. The van der Waals surface area contributed by atoms with Crippen LogP contribution in [0.15, 0.2) is 79.0 Å². The Kier molecular flexibility index (Phi) is 5.96. The lowest BCUT2D eigenvalue weighted by Crippen LogP contribution is -2.52. The Balaban J connectivity index is 1.08. The standard InChI is InChI=1S/C28H23ClN6O2/c29-17-7-10-20-23(11-12-30-24(20)13-17)32-18-8-5-16(6-9-18)27(36)34-35-28(37)25-14-21-19-3-1-2-4-22(19)33-26(21)15-31-25/h1-13,25,31,33H,14-15H2,(H,30,32)(H,34,36)(H,35,37). The molecule has 0 radical (unpaired) electrons. The maximum atomic E-state index is 12.8. The lowest BCUT2D eigenvalue weighted by molar-refractivity contribution is -0.124. The van der Waals surface area contributed by atoms with Crippen LogP contribution in [0.25, 0.3) is 21.8 Å². The summed E-state index contributed by atoms with van der Waals surface area (Å²) in [6.07, 6.45) is 2.25. The normalized spacial score (nSPS) is 14.8. The molecular weight excluding hydrogens is 488 g/mol. The molecule has 9 heteroatoms.